The fraction of sp³-hybridized carbons (Fsp3) is 0.207. The van der Waals surface area contributed by atoms with Crippen LogP contribution in [0, 0.1) is 25.2 Å². The molecule has 2 aliphatic heterocycles. The van der Waals surface area contributed by atoms with E-state index in [2.05, 4.69) is 30.3 Å². The zero-order valence-corrected chi connectivity index (χ0v) is 22.3. The predicted octanol–water partition coefficient (Wildman–Crippen LogP) is 5.64. The molecule has 2 aliphatic rings. The van der Waals surface area contributed by atoms with E-state index in [0.29, 0.717) is 36.1 Å². The van der Waals surface area contributed by atoms with Crippen LogP contribution < -0.4 is 4.90 Å². The molecule has 3 heterocycles. The molecule has 2 amide bonds. The third-order valence-corrected chi connectivity index (χ3v) is 8.30. The van der Waals surface area contributed by atoms with Crippen molar-refractivity contribution in [3.8, 4) is 6.07 Å². The van der Waals surface area contributed by atoms with E-state index in [1.165, 1.54) is 23.1 Å². The molecule has 0 aliphatic carbocycles. The van der Waals surface area contributed by atoms with Crippen molar-refractivity contribution in [1.29, 1.82) is 5.26 Å². The summed E-state index contributed by atoms with van der Waals surface area (Å²) in [5, 5.41) is 14.7. The summed E-state index contributed by atoms with van der Waals surface area (Å²) in [6.07, 6.45) is 0. The van der Waals surface area contributed by atoms with Crippen molar-refractivity contribution in [2.45, 2.75) is 13.8 Å². The first-order valence-corrected chi connectivity index (χ1v) is 13.8. The molecular formula is C29H26N4O2S2. The Morgan fingerprint density at radius 3 is 2.08 bits per heavy atom. The van der Waals surface area contributed by atoms with Crippen LogP contribution in [-0.4, -0.2) is 47.8 Å². The minimum Gasteiger partial charge on any atom is -0.334 e. The zero-order chi connectivity index (χ0) is 25.9. The van der Waals surface area contributed by atoms with Crippen molar-refractivity contribution in [3.63, 3.8) is 0 Å². The lowest BCUT2D eigenvalue weighted by Gasteiger charge is -2.35. The molecule has 8 heteroatoms. The summed E-state index contributed by atoms with van der Waals surface area (Å²) >= 11 is 2.81. The summed E-state index contributed by atoms with van der Waals surface area (Å²) in [6, 6.07) is 22.2. The minimum atomic E-state index is -0.302. The van der Waals surface area contributed by atoms with Gasteiger partial charge in [-0.05, 0) is 43.0 Å². The summed E-state index contributed by atoms with van der Waals surface area (Å²) < 4.78 is 0. The van der Waals surface area contributed by atoms with Gasteiger partial charge in [0.2, 0.25) is 0 Å². The second-order valence-electron chi connectivity index (χ2n) is 9.01. The predicted molar refractivity (Wildman–Crippen MR) is 150 cm³/mol. The van der Waals surface area contributed by atoms with E-state index in [4.69, 9.17) is 0 Å². The molecule has 0 bridgehead atoms. The maximum absolute atomic E-state index is 13.6. The van der Waals surface area contributed by atoms with Gasteiger partial charge in [-0.2, -0.15) is 5.26 Å². The van der Waals surface area contributed by atoms with Crippen LogP contribution in [0.2, 0.25) is 0 Å². The fourth-order valence-electron chi connectivity index (χ4n) is 4.38. The van der Waals surface area contributed by atoms with Crippen LogP contribution in [0.1, 0.15) is 26.4 Å². The molecule has 0 saturated carbocycles. The molecular weight excluding hydrogens is 500 g/mol. The molecule has 0 radical (unpaired) electrons. The molecule has 1 fully saturated rings. The van der Waals surface area contributed by atoms with Gasteiger partial charge >= 0.3 is 0 Å². The molecule has 5 rings (SSSR count). The number of anilines is 1. The third-order valence-electron chi connectivity index (χ3n) is 6.49. The Balaban J connectivity index is 1.42. The van der Waals surface area contributed by atoms with Crippen molar-refractivity contribution >= 4 is 46.3 Å². The van der Waals surface area contributed by atoms with Crippen LogP contribution in [-0.2, 0) is 4.79 Å². The summed E-state index contributed by atoms with van der Waals surface area (Å²) in [5.74, 6) is -0.311. The third kappa shape index (κ3) is 5.06. The first kappa shape index (κ1) is 24.9. The number of piperazine rings is 1. The molecule has 0 spiro atoms. The summed E-state index contributed by atoms with van der Waals surface area (Å²) in [5.41, 5.74) is 5.24. The second kappa shape index (κ2) is 10.7. The Hall–Kier alpha value is -3.80. The average molecular weight is 527 g/mol. The van der Waals surface area contributed by atoms with Crippen molar-refractivity contribution in [2.24, 2.45) is 0 Å². The number of rotatable bonds is 4. The number of benzene rings is 2. The second-order valence-corrected chi connectivity index (χ2v) is 10.8. The van der Waals surface area contributed by atoms with E-state index >= 15 is 0 Å². The molecule has 0 unspecified atom stereocenters. The van der Waals surface area contributed by atoms with Crippen molar-refractivity contribution in [2.75, 3.05) is 31.1 Å². The van der Waals surface area contributed by atoms with Crippen molar-refractivity contribution < 1.29 is 9.59 Å². The maximum Gasteiger partial charge on any atom is 0.267 e. The number of thioether (sulfide) groups is 1. The van der Waals surface area contributed by atoms with Gasteiger partial charge in [0, 0.05) is 37.3 Å². The largest absolute Gasteiger partial charge is 0.334 e. The monoisotopic (exact) mass is 526 g/mol. The highest BCUT2D eigenvalue weighted by Crippen LogP contribution is 2.44. The number of nitrogens with zero attached hydrogens (tertiary/aromatic N) is 4. The van der Waals surface area contributed by atoms with Gasteiger partial charge in [-0.15, -0.1) is 11.3 Å². The molecule has 1 saturated heterocycles. The number of nitriles is 1. The van der Waals surface area contributed by atoms with E-state index < -0.39 is 0 Å². The van der Waals surface area contributed by atoms with Gasteiger partial charge in [0.25, 0.3) is 11.8 Å². The summed E-state index contributed by atoms with van der Waals surface area (Å²) in [4.78, 5) is 32.5. The van der Waals surface area contributed by atoms with Gasteiger partial charge in [-0.25, -0.2) is 0 Å². The molecule has 0 atom stereocenters. The number of hydrogen-bond donors (Lipinski definition) is 0. The molecule has 1 aromatic heterocycles. The summed E-state index contributed by atoms with van der Waals surface area (Å²) in [7, 11) is 0. The Labute approximate surface area is 225 Å². The lowest BCUT2D eigenvalue weighted by molar-refractivity contribution is -0.128. The standard InChI is InChI=1S/C29H26N4O2S2/c1-20-5-9-22(10-6-20)25-19-37-29(33(25)23-11-7-21(2)8-12-23)24(18-30)27(34)31-13-15-32(16-14-31)28(35)26-4-3-17-36-26/h3-12,17,19H,13-16H2,1-2H3/b29-24-. The highest BCUT2D eigenvalue weighted by atomic mass is 32.2. The number of thiophene rings is 1. The quantitative estimate of drug-likeness (QED) is 0.325. The fourth-order valence-corrected chi connectivity index (χ4v) is 6.10. The highest BCUT2D eigenvalue weighted by Gasteiger charge is 2.33. The lowest BCUT2D eigenvalue weighted by Crippen LogP contribution is -2.51. The van der Waals surface area contributed by atoms with Gasteiger partial charge in [0.15, 0.2) is 0 Å². The van der Waals surface area contributed by atoms with Gasteiger partial charge in [-0.3, -0.25) is 9.59 Å². The van der Waals surface area contributed by atoms with Gasteiger partial charge < -0.3 is 14.7 Å². The highest BCUT2D eigenvalue weighted by molar-refractivity contribution is 8.06. The molecule has 37 heavy (non-hydrogen) atoms. The van der Waals surface area contributed by atoms with E-state index in [1.54, 1.807) is 9.80 Å². The number of amides is 2. The zero-order valence-electron chi connectivity index (χ0n) is 20.7. The molecule has 186 valence electrons. The normalized spacial score (nSPS) is 16.9. The van der Waals surface area contributed by atoms with Crippen LogP contribution in [0.4, 0.5) is 5.69 Å². The van der Waals surface area contributed by atoms with E-state index in [9.17, 15) is 14.9 Å². The average Bonchev–Trinajstić information content (AvgIpc) is 3.61. The van der Waals surface area contributed by atoms with Crippen LogP contribution in [0.3, 0.4) is 0 Å². The SMILES string of the molecule is Cc1ccc(C2=CS/C(=C(/C#N)C(=O)N3CCN(C(=O)c4cccs4)CC3)N2c2ccc(C)cc2)cc1. The Morgan fingerprint density at radius 2 is 1.49 bits per heavy atom. The minimum absolute atomic E-state index is 0.00945. The Kier molecular flexibility index (Phi) is 7.17. The van der Waals surface area contributed by atoms with Gasteiger partial charge in [0.05, 0.1) is 10.6 Å². The van der Waals surface area contributed by atoms with Crippen LogP contribution in [0.5, 0.6) is 0 Å². The van der Waals surface area contributed by atoms with Crippen molar-refractivity contribution in [3.05, 3.63) is 104 Å². The van der Waals surface area contributed by atoms with Gasteiger partial charge in [-0.1, -0.05) is 65.4 Å². The van der Waals surface area contributed by atoms with Gasteiger partial charge in [0.1, 0.15) is 16.7 Å². The van der Waals surface area contributed by atoms with E-state index in [1.807, 2.05) is 65.9 Å². The number of hydrogen-bond acceptors (Lipinski definition) is 6. The van der Waals surface area contributed by atoms with Crippen LogP contribution in [0.15, 0.2) is 82.1 Å². The molecule has 0 N–H and O–H groups in total. The Bertz CT molecular complexity index is 1410. The number of aryl methyl sites for hydroxylation is 2. The van der Waals surface area contributed by atoms with Crippen molar-refractivity contribution in [1.82, 2.24) is 9.80 Å². The first-order chi connectivity index (χ1) is 18.0. The molecule has 6 nitrogen and oxygen atoms in total. The number of carbonyl (C=O) groups is 2. The van der Waals surface area contributed by atoms with Crippen LogP contribution >= 0.6 is 23.1 Å². The topological polar surface area (TPSA) is 67.6 Å². The maximum atomic E-state index is 13.6. The Morgan fingerprint density at radius 1 is 0.865 bits per heavy atom. The lowest BCUT2D eigenvalue weighted by atomic mass is 10.1. The van der Waals surface area contributed by atoms with E-state index in [0.717, 1.165) is 28.1 Å². The van der Waals surface area contributed by atoms with Crippen LogP contribution in [0.25, 0.3) is 5.70 Å². The van der Waals surface area contributed by atoms with E-state index in [-0.39, 0.29) is 17.4 Å². The summed E-state index contributed by atoms with van der Waals surface area (Å²) in [6.45, 7) is 5.74. The number of carbonyl (C=O) groups excluding carboxylic acids is 2. The smallest absolute Gasteiger partial charge is 0.267 e. The molecule has 2 aromatic carbocycles. The molecule has 3 aromatic rings. The first-order valence-electron chi connectivity index (χ1n) is 12.0.